The van der Waals surface area contributed by atoms with Gasteiger partial charge in [-0.15, -0.1) is 0 Å². The van der Waals surface area contributed by atoms with Crippen LogP contribution in [0, 0.1) is 5.82 Å². The second-order valence-electron chi connectivity index (χ2n) is 7.32. The molecule has 1 unspecified atom stereocenters. The van der Waals surface area contributed by atoms with E-state index in [9.17, 15) is 17.6 Å². The lowest BCUT2D eigenvalue weighted by Crippen LogP contribution is -2.47. The first kappa shape index (κ1) is 19.5. The lowest BCUT2D eigenvalue weighted by atomic mass is 10.1. The zero-order valence-corrected chi connectivity index (χ0v) is 15.8. The molecule has 0 saturated carbocycles. The second kappa shape index (κ2) is 7.19. The second-order valence-corrected chi connectivity index (χ2v) is 9.34. The van der Waals surface area contributed by atoms with E-state index in [1.165, 1.54) is 12.1 Å². The average Bonchev–Trinajstić information content (AvgIpc) is 2.47. The number of hydrogen-bond acceptors (Lipinski definition) is 5. The van der Waals surface area contributed by atoms with E-state index in [4.69, 9.17) is 4.74 Å². The Hall–Kier alpha value is -1.83. The number of amides is 1. The number of carbonyl (C=O) groups is 1. The number of sulfone groups is 1. The zero-order chi connectivity index (χ0) is 18.8. The van der Waals surface area contributed by atoms with Crippen LogP contribution in [-0.2, 0) is 14.6 Å². The maximum Gasteiger partial charge on any atom is 0.410 e. The third kappa shape index (κ3) is 5.59. The molecular weight excluding hydrogens is 347 g/mol. The normalized spacial score (nSPS) is 18.8. The first-order valence-corrected chi connectivity index (χ1v) is 10.1. The molecule has 1 saturated heterocycles. The van der Waals surface area contributed by atoms with Gasteiger partial charge in [0.05, 0.1) is 10.6 Å². The average molecular weight is 372 g/mol. The summed E-state index contributed by atoms with van der Waals surface area (Å²) in [6, 6.07) is 3.49. The Labute approximate surface area is 148 Å². The molecule has 1 N–H and O–H groups in total. The molecule has 0 aliphatic carbocycles. The van der Waals surface area contributed by atoms with E-state index in [2.05, 4.69) is 5.32 Å². The van der Waals surface area contributed by atoms with Crippen LogP contribution in [0.3, 0.4) is 0 Å². The highest BCUT2D eigenvalue weighted by Crippen LogP contribution is 2.23. The van der Waals surface area contributed by atoms with Crippen molar-refractivity contribution in [2.24, 2.45) is 0 Å². The van der Waals surface area contributed by atoms with Crippen LogP contribution in [0.1, 0.15) is 33.6 Å². The first-order valence-electron chi connectivity index (χ1n) is 8.20. The monoisotopic (exact) mass is 372 g/mol. The number of likely N-dealkylation sites (tertiary alicyclic amines) is 1. The van der Waals surface area contributed by atoms with Crippen molar-refractivity contribution >= 4 is 21.6 Å². The topological polar surface area (TPSA) is 75.7 Å². The molecule has 1 fully saturated rings. The van der Waals surface area contributed by atoms with Crippen LogP contribution in [0.2, 0.25) is 0 Å². The molecule has 0 aromatic heterocycles. The van der Waals surface area contributed by atoms with Crippen LogP contribution in [0.25, 0.3) is 0 Å². The summed E-state index contributed by atoms with van der Waals surface area (Å²) in [5, 5.41) is 3.02. The number of piperidine rings is 1. The summed E-state index contributed by atoms with van der Waals surface area (Å²) in [7, 11) is -3.42. The highest BCUT2D eigenvalue weighted by molar-refractivity contribution is 7.90. The minimum atomic E-state index is -3.42. The molecular formula is C17H25FN2O4S. The molecule has 140 valence electrons. The summed E-state index contributed by atoms with van der Waals surface area (Å²) >= 11 is 0. The van der Waals surface area contributed by atoms with Crippen molar-refractivity contribution in [2.45, 2.75) is 50.2 Å². The molecule has 0 bridgehead atoms. The van der Waals surface area contributed by atoms with E-state index in [0.717, 1.165) is 25.2 Å². The molecule has 1 aromatic carbocycles. The third-order valence-electron chi connectivity index (χ3n) is 3.80. The molecule has 1 aliphatic rings. The quantitative estimate of drug-likeness (QED) is 0.826. The highest BCUT2D eigenvalue weighted by Gasteiger charge is 2.28. The fourth-order valence-corrected chi connectivity index (χ4v) is 3.30. The van der Waals surface area contributed by atoms with Crippen molar-refractivity contribution in [1.82, 2.24) is 4.90 Å². The van der Waals surface area contributed by atoms with E-state index in [1.54, 1.807) is 25.7 Å². The van der Waals surface area contributed by atoms with Crippen molar-refractivity contribution in [1.29, 1.82) is 0 Å². The Morgan fingerprint density at radius 2 is 2.04 bits per heavy atom. The Kier molecular flexibility index (Phi) is 5.61. The van der Waals surface area contributed by atoms with Gasteiger partial charge in [0.1, 0.15) is 11.4 Å². The van der Waals surface area contributed by atoms with Gasteiger partial charge in [0.2, 0.25) is 0 Å². The van der Waals surface area contributed by atoms with E-state index in [0.29, 0.717) is 13.1 Å². The van der Waals surface area contributed by atoms with Crippen molar-refractivity contribution in [3.63, 3.8) is 0 Å². The molecule has 1 atom stereocenters. The summed E-state index contributed by atoms with van der Waals surface area (Å²) in [6.45, 7) is 6.36. The summed E-state index contributed by atoms with van der Waals surface area (Å²) < 4.78 is 42.7. The standard InChI is InChI=1S/C17H25FN2O4S/c1-17(2,3)24-16(21)20-9-5-6-12(11-20)19-15-10-13(25(4,22)23)7-8-14(15)18/h7-8,10,12,19H,5-6,9,11H2,1-4H3. The summed E-state index contributed by atoms with van der Waals surface area (Å²) in [5.41, 5.74) is -0.452. The lowest BCUT2D eigenvalue weighted by Gasteiger charge is -2.34. The van der Waals surface area contributed by atoms with E-state index in [-0.39, 0.29) is 16.6 Å². The SMILES string of the molecule is CC(C)(C)OC(=O)N1CCCC(Nc2cc(S(C)(=O)=O)ccc2F)C1. The molecule has 0 spiro atoms. The lowest BCUT2D eigenvalue weighted by molar-refractivity contribution is 0.0206. The minimum absolute atomic E-state index is 0.0520. The predicted octanol–water partition coefficient (Wildman–Crippen LogP) is 3.04. The number of nitrogens with one attached hydrogen (secondary N) is 1. The number of benzene rings is 1. The van der Waals surface area contributed by atoms with E-state index in [1.807, 2.05) is 0 Å². The van der Waals surface area contributed by atoms with E-state index < -0.39 is 27.3 Å². The van der Waals surface area contributed by atoms with Gasteiger partial charge >= 0.3 is 6.09 Å². The Morgan fingerprint density at radius 1 is 1.36 bits per heavy atom. The molecule has 8 heteroatoms. The van der Waals surface area contributed by atoms with Gasteiger partial charge in [-0.05, 0) is 51.8 Å². The van der Waals surface area contributed by atoms with Crippen LogP contribution in [0.4, 0.5) is 14.9 Å². The van der Waals surface area contributed by atoms with Gasteiger partial charge in [-0.1, -0.05) is 0 Å². The molecule has 1 amide bonds. The number of nitrogens with zero attached hydrogens (tertiary/aromatic N) is 1. The number of anilines is 1. The van der Waals surface area contributed by atoms with Crippen LogP contribution in [-0.4, -0.2) is 50.4 Å². The van der Waals surface area contributed by atoms with Gasteiger partial charge < -0.3 is 15.0 Å². The molecule has 25 heavy (non-hydrogen) atoms. The molecule has 1 heterocycles. The Bertz CT molecular complexity index is 744. The maximum atomic E-state index is 14.0. The van der Waals surface area contributed by atoms with Gasteiger partial charge in [-0.3, -0.25) is 0 Å². The van der Waals surface area contributed by atoms with Crippen LogP contribution in [0.15, 0.2) is 23.1 Å². The first-order chi connectivity index (χ1) is 11.5. The van der Waals surface area contributed by atoms with Gasteiger partial charge in [-0.2, -0.15) is 0 Å². The van der Waals surface area contributed by atoms with Crippen molar-refractivity contribution < 1.29 is 22.3 Å². The molecule has 1 aliphatic heterocycles. The fourth-order valence-electron chi connectivity index (χ4n) is 2.65. The molecule has 6 nitrogen and oxygen atoms in total. The Morgan fingerprint density at radius 3 is 2.64 bits per heavy atom. The van der Waals surface area contributed by atoms with Crippen molar-refractivity contribution in [3.8, 4) is 0 Å². The van der Waals surface area contributed by atoms with E-state index >= 15 is 0 Å². The van der Waals surface area contributed by atoms with Crippen LogP contribution in [0.5, 0.6) is 0 Å². The Balaban J connectivity index is 2.09. The van der Waals surface area contributed by atoms with Gasteiger partial charge in [0.25, 0.3) is 0 Å². The van der Waals surface area contributed by atoms with Gasteiger partial charge in [0.15, 0.2) is 9.84 Å². The zero-order valence-electron chi connectivity index (χ0n) is 15.0. The molecule has 0 radical (unpaired) electrons. The largest absolute Gasteiger partial charge is 0.444 e. The fraction of sp³-hybridized carbons (Fsp3) is 0.588. The molecule has 2 rings (SSSR count). The summed E-state index contributed by atoms with van der Waals surface area (Å²) in [6.07, 6.45) is 2.19. The number of rotatable bonds is 3. The number of hydrogen-bond donors (Lipinski definition) is 1. The van der Waals surface area contributed by atoms with Crippen LogP contribution >= 0.6 is 0 Å². The van der Waals surface area contributed by atoms with Crippen molar-refractivity contribution in [2.75, 3.05) is 24.7 Å². The van der Waals surface area contributed by atoms with Crippen LogP contribution < -0.4 is 5.32 Å². The maximum absolute atomic E-state index is 14.0. The summed E-state index contributed by atoms with van der Waals surface area (Å²) in [5.74, 6) is -0.526. The number of halogens is 1. The third-order valence-corrected chi connectivity index (χ3v) is 4.91. The molecule has 1 aromatic rings. The smallest absolute Gasteiger partial charge is 0.410 e. The van der Waals surface area contributed by atoms with Crippen molar-refractivity contribution in [3.05, 3.63) is 24.0 Å². The minimum Gasteiger partial charge on any atom is -0.444 e. The number of carbonyl (C=O) groups excluding carboxylic acids is 1. The highest BCUT2D eigenvalue weighted by atomic mass is 32.2. The van der Waals surface area contributed by atoms with Gasteiger partial charge in [0, 0.05) is 25.4 Å². The van der Waals surface area contributed by atoms with Gasteiger partial charge in [-0.25, -0.2) is 17.6 Å². The predicted molar refractivity (Wildman–Crippen MR) is 94.0 cm³/mol. The number of ether oxygens (including phenoxy) is 1. The summed E-state index contributed by atoms with van der Waals surface area (Å²) in [4.78, 5) is 13.8.